The average molecular weight is 453 g/mol. The molecule has 2 aromatic carbocycles. The summed E-state index contributed by atoms with van der Waals surface area (Å²) in [5.74, 6) is -2.69. The van der Waals surface area contributed by atoms with E-state index in [9.17, 15) is 19.2 Å². The van der Waals surface area contributed by atoms with E-state index in [0.29, 0.717) is 18.4 Å². The molecular formula is C25H25ClN2O4. The van der Waals surface area contributed by atoms with Crippen LogP contribution in [0.15, 0.2) is 42.5 Å². The van der Waals surface area contributed by atoms with Crippen molar-refractivity contribution in [3.8, 4) is 0 Å². The Bertz CT molecular complexity index is 1090. The number of halogens is 1. The second kappa shape index (κ2) is 8.87. The quantitative estimate of drug-likeness (QED) is 0.498. The molecule has 3 amide bonds. The first kappa shape index (κ1) is 22.2. The Morgan fingerprint density at radius 3 is 2.19 bits per heavy atom. The minimum Gasteiger partial charge on any atom is -0.292 e. The molecule has 2 atom stereocenters. The van der Waals surface area contributed by atoms with E-state index in [-0.39, 0.29) is 16.4 Å². The maximum absolute atomic E-state index is 13.5. The summed E-state index contributed by atoms with van der Waals surface area (Å²) in [6.07, 6.45) is 2.97. The lowest BCUT2D eigenvalue weighted by molar-refractivity contribution is -0.154. The first-order valence-corrected chi connectivity index (χ1v) is 11.2. The maximum atomic E-state index is 13.5. The number of hydrogen-bond donors (Lipinski definition) is 0. The lowest BCUT2D eigenvalue weighted by Gasteiger charge is -2.30. The van der Waals surface area contributed by atoms with E-state index in [1.165, 1.54) is 6.07 Å². The van der Waals surface area contributed by atoms with Gasteiger partial charge in [-0.2, -0.15) is 5.01 Å². The fourth-order valence-electron chi connectivity index (χ4n) is 4.53. The van der Waals surface area contributed by atoms with Crippen molar-refractivity contribution in [3.05, 3.63) is 69.7 Å². The first-order valence-electron chi connectivity index (χ1n) is 10.8. The Morgan fingerprint density at radius 2 is 1.59 bits per heavy atom. The summed E-state index contributed by atoms with van der Waals surface area (Å²) in [6.45, 7) is 3.42. The molecule has 0 N–H and O–H groups in total. The molecule has 2 fully saturated rings. The number of fused-ring (bicyclic) bond motifs is 1. The van der Waals surface area contributed by atoms with Crippen LogP contribution in [-0.4, -0.2) is 40.1 Å². The van der Waals surface area contributed by atoms with Crippen molar-refractivity contribution in [2.45, 2.75) is 39.5 Å². The molecule has 0 radical (unpaired) electrons. The molecular weight excluding hydrogens is 428 g/mol. The average Bonchev–Trinajstić information content (AvgIpc) is 3.04. The Labute approximate surface area is 192 Å². The van der Waals surface area contributed by atoms with Crippen molar-refractivity contribution < 1.29 is 19.2 Å². The topological polar surface area (TPSA) is 74.8 Å². The number of benzene rings is 2. The van der Waals surface area contributed by atoms with Crippen LogP contribution in [0.1, 0.15) is 57.5 Å². The highest BCUT2D eigenvalue weighted by Crippen LogP contribution is 2.39. The second-order valence-electron chi connectivity index (χ2n) is 8.55. The van der Waals surface area contributed by atoms with Gasteiger partial charge >= 0.3 is 0 Å². The molecule has 1 saturated carbocycles. The van der Waals surface area contributed by atoms with E-state index in [4.69, 9.17) is 11.6 Å². The van der Waals surface area contributed by atoms with Gasteiger partial charge in [-0.05, 0) is 56.0 Å². The minimum atomic E-state index is -0.645. The summed E-state index contributed by atoms with van der Waals surface area (Å²) in [4.78, 5) is 53.0. The van der Waals surface area contributed by atoms with Gasteiger partial charge in [-0.25, -0.2) is 5.01 Å². The Balaban J connectivity index is 1.71. The number of ketones is 1. The van der Waals surface area contributed by atoms with Crippen LogP contribution >= 0.6 is 11.6 Å². The van der Waals surface area contributed by atoms with Crippen LogP contribution in [0.25, 0.3) is 0 Å². The smallest absolute Gasteiger partial charge is 0.274 e. The highest BCUT2D eigenvalue weighted by atomic mass is 35.5. The van der Waals surface area contributed by atoms with Crippen LogP contribution in [0.3, 0.4) is 0 Å². The van der Waals surface area contributed by atoms with Crippen molar-refractivity contribution in [1.29, 1.82) is 0 Å². The van der Waals surface area contributed by atoms with Gasteiger partial charge in [0.2, 0.25) is 0 Å². The van der Waals surface area contributed by atoms with Crippen molar-refractivity contribution in [2.24, 2.45) is 11.8 Å². The number of imide groups is 1. The van der Waals surface area contributed by atoms with E-state index in [0.717, 1.165) is 34.0 Å². The van der Waals surface area contributed by atoms with Crippen LogP contribution in [-0.2, 0) is 9.59 Å². The molecule has 0 bridgehead atoms. The largest absolute Gasteiger partial charge is 0.292 e. The zero-order chi connectivity index (χ0) is 23.0. The molecule has 1 aliphatic heterocycles. The predicted molar refractivity (Wildman–Crippen MR) is 120 cm³/mol. The predicted octanol–water partition coefficient (Wildman–Crippen LogP) is 4.37. The van der Waals surface area contributed by atoms with Gasteiger partial charge in [0.1, 0.15) is 6.54 Å². The van der Waals surface area contributed by atoms with Gasteiger partial charge in [0, 0.05) is 5.56 Å². The number of carbonyl (C=O) groups excluding carboxylic acids is 4. The number of amides is 3. The third-order valence-electron chi connectivity index (χ3n) is 6.52. The Hall–Kier alpha value is -2.99. The van der Waals surface area contributed by atoms with Gasteiger partial charge < -0.3 is 0 Å². The van der Waals surface area contributed by atoms with Crippen molar-refractivity contribution in [3.63, 3.8) is 0 Å². The Morgan fingerprint density at radius 1 is 0.969 bits per heavy atom. The molecule has 0 spiro atoms. The van der Waals surface area contributed by atoms with E-state index in [1.807, 2.05) is 19.9 Å². The molecule has 2 aromatic rings. The summed E-state index contributed by atoms with van der Waals surface area (Å²) in [5, 5.41) is 2.09. The summed E-state index contributed by atoms with van der Waals surface area (Å²) >= 11 is 6.24. The summed E-state index contributed by atoms with van der Waals surface area (Å²) in [5.41, 5.74) is 2.54. The third-order valence-corrected chi connectivity index (χ3v) is 6.85. The lowest BCUT2D eigenvalue weighted by Crippen LogP contribution is -2.52. The number of hydrazine groups is 1. The number of rotatable bonds is 5. The maximum Gasteiger partial charge on any atom is 0.274 e. The third kappa shape index (κ3) is 3.95. The molecule has 1 saturated heterocycles. The number of nitrogens with zero attached hydrogens (tertiary/aromatic N) is 2. The molecule has 32 heavy (non-hydrogen) atoms. The highest BCUT2D eigenvalue weighted by molar-refractivity contribution is 6.34. The van der Waals surface area contributed by atoms with Gasteiger partial charge in [-0.15, -0.1) is 0 Å². The zero-order valence-electron chi connectivity index (χ0n) is 18.1. The normalized spacial score (nSPS) is 20.3. The lowest BCUT2D eigenvalue weighted by atomic mass is 9.81. The molecule has 166 valence electrons. The molecule has 0 aromatic heterocycles. The standard InChI is InChI=1S/C25H25ClN2O4/c1-15-11-12-17(13-16(15)2)22(29)14-27(23(30)20-9-5-6-10-21(20)26)28-24(31)18-7-3-4-8-19(18)25(28)32/h5-6,9-13,18-19H,3-4,7-8,14H2,1-2H3/t18-,19-/m1/s1. The van der Waals surface area contributed by atoms with Crippen LogP contribution in [0.4, 0.5) is 0 Å². The molecule has 7 heteroatoms. The van der Waals surface area contributed by atoms with Crippen LogP contribution in [0, 0.1) is 25.7 Å². The number of aryl methyl sites for hydroxylation is 2. The SMILES string of the molecule is Cc1ccc(C(=O)CN(C(=O)c2ccccc2Cl)N2C(=O)[C@@H]3CCCC[C@H]3C2=O)cc1C. The van der Waals surface area contributed by atoms with E-state index in [1.54, 1.807) is 30.3 Å². The number of carbonyl (C=O) groups is 4. The van der Waals surface area contributed by atoms with Gasteiger partial charge in [0.05, 0.1) is 22.4 Å². The number of Topliss-reactive ketones (excluding diaryl/α,β-unsaturated/α-hetero) is 1. The van der Waals surface area contributed by atoms with E-state index >= 15 is 0 Å². The molecule has 0 unspecified atom stereocenters. The first-order chi connectivity index (χ1) is 15.3. The molecule has 4 rings (SSSR count). The molecule has 1 heterocycles. The van der Waals surface area contributed by atoms with Crippen LogP contribution in [0.5, 0.6) is 0 Å². The second-order valence-corrected chi connectivity index (χ2v) is 8.96. The summed E-state index contributed by atoms with van der Waals surface area (Å²) < 4.78 is 0. The molecule has 1 aliphatic carbocycles. The fourth-order valence-corrected chi connectivity index (χ4v) is 4.75. The summed E-state index contributed by atoms with van der Waals surface area (Å²) in [6, 6.07) is 11.7. The van der Waals surface area contributed by atoms with Crippen molar-refractivity contribution in [2.75, 3.05) is 6.54 Å². The van der Waals surface area contributed by atoms with E-state index < -0.39 is 36.1 Å². The monoisotopic (exact) mass is 452 g/mol. The highest BCUT2D eigenvalue weighted by Gasteiger charge is 2.51. The fraction of sp³-hybridized carbons (Fsp3) is 0.360. The summed E-state index contributed by atoms with van der Waals surface area (Å²) in [7, 11) is 0. The van der Waals surface area contributed by atoms with Crippen LogP contribution in [0.2, 0.25) is 5.02 Å². The van der Waals surface area contributed by atoms with Crippen LogP contribution < -0.4 is 0 Å². The molecule has 6 nitrogen and oxygen atoms in total. The number of hydrogen-bond acceptors (Lipinski definition) is 4. The van der Waals surface area contributed by atoms with Crippen molar-refractivity contribution in [1.82, 2.24) is 10.0 Å². The van der Waals surface area contributed by atoms with Gasteiger partial charge in [-0.1, -0.05) is 48.7 Å². The van der Waals surface area contributed by atoms with E-state index in [2.05, 4.69) is 0 Å². The van der Waals surface area contributed by atoms with Gasteiger partial charge in [-0.3, -0.25) is 19.2 Å². The zero-order valence-corrected chi connectivity index (χ0v) is 18.9. The van der Waals surface area contributed by atoms with Gasteiger partial charge in [0.15, 0.2) is 5.78 Å². The van der Waals surface area contributed by atoms with Crippen molar-refractivity contribution >= 4 is 35.1 Å². The minimum absolute atomic E-state index is 0.137. The Kier molecular flexibility index (Phi) is 6.15. The molecule has 2 aliphatic rings. The van der Waals surface area contributed by atoms with Gasteiger partial charge in [0.25, 0.3) is 17.7 Å².